The molecule has 1 atom stereocenters. The number of aryl methyl sites for hydroxylation is 1. The van der Waals surface area contributed by atoms with E-state index in [1.165, 1.54) is 5.56 Å². The van der Waals surface area contributed by atoms with E-state index in [0.29, 0.717) is 30.2 Å². The lowest BCUT2D eigenvalue weighted by molar-refractivity contribution is -0.141. The lowest BCUT2D eigenvalue weighted by Crippen LogP contribution is -2.52. The second-order valence-electron chi connectivity index (χ2n) is 9.76. The second-order valence-corrected chi connectivity index (χ2v) is 11.4. The Morgan fingerprint density at radius 2 is 1.68 bits per heavy atom. The fourth-order valence-corrected chi connectivity index (χ4v) is 5.84. The van der Waals surface area contributed by atoms with Crippen molar-refractivity contribution in [1.29, 1.82) is 0 Å². The van der Waals surface area contributed by atoms with Crippen LogP contribution in [0.5, 0.6) is 0 Å². The van der Waals surface area contributed by atoms with Crippen molar-refractivity contribution in [3.8, 4) is 0 Å². The van der Waals surface area contributed by atoms with Gasteiger partial charge in [0.1, 0.15) is 6.04 Å². The number of hydrogen-bond acceptors (Lipinski definition) is 3. The molecule has 0 spiro atoms. The molecule has 37 heavy (non-hydrogen) atoms. The molecule has 0 aromatic heterocycles. The molecule has 6 heteroatoms. The second kappa shape index (κ2) is 13.7. The Morgan fingerprint density at radius 3 is 2.38 bits per heavy atom. The number of halogens is 1. The summed E-state index contributed by atoms with van der Waals surface area (Å²) in [6.45, 7) is 2.40. The van der Waals surface area contributed by atoms with Gasteiger partial charge in [-0.15, -0.1) is 11.8 Å². The lowest BCUT2D eigenvalue weighted by atomic mass is 10.0. The number of thioether (sulfide) groups is 1. The van der Waals surface area contributed by atoms with E-state index in [1.54, 1.807) is 16.7 Å². The quantitative estimate of drug-likeness (QED) is 0.274. The van der Waals surface area contributed by atoms with Crippen LogP contribution >= 0.6 is 23.4 Å². The van der Waals surface area contributed by atoms with Crippen LogP contribution in [0.2, 0.25) is 5.02 Å². The molecule has 1 aliphatic rings. The van der Waals surface area contributed by atoms with Crippen LogP contribution in [0.1, 0.15) is 48.8 Å². The molecule has 0 heterocycles. The van der Waals surface area contributed by atoms with E-state index in [0.717, 1.165) is 41.7 Å². The maximum atomic E-state index is 13.7. The summed E-state index contributed by atoms with van der Waals surface area (Å²) in [5.74, 6) is 0.551. The predicted molar refractivity (Wildman–Crippen MR) is 153 cm³/mol. The third-order valence-electron chi connectivity index (χ3n) is 6.82. The van der Waals surface area contributed by atoms with Crippen molar-refractivity contribution in [3.05, 3.63) is 101 Å². The third-order valence-corrected chi connectivity index (χ3v) is 8.07. The van der Waals surface area contributed by atoms with Gasteiger partial charge in [-0.1, -0.05) is 84.6 Å². The zero-order chi connectivity index (χ0) is 26.0. The van der Waals surface area contributed by atoms with Crippen molar-refractivity contribution >= 4 is 35.2 Å². The molecule has 194 valence electrons. The average molecular weight is 535 g/mol. The summed E-state index contributed by atoms with van der Waals surface area (Å²) in [4.78, 5) is 30.3. The maximum absolute atomic E-state index is 13.7. The first-order valence-corrected chi connectivity index (χ1v) is 14.4. The molecule has 1 saturated carbocycles. The average Bonchev–Trinajstić information content (AvgIpc) is 3.41. The normalized spacial score (nSPS) is 14.3. The van der Waals surface area contributed by atoms with Crippen molar-refractivity contribution < 1.29 is 9.59 Å². The molecule has 1 fully saturated rings. The standard InChI is InChI=1S/C31H35ClN2O2S/c1-23-14-16-28(17-15-23)37-19-18-30(35)34(22-25-10-7-11-26(32)20-25)29(21-24-8-3-2-4-9-24)31(36)33-27-12-5-6-13-27/h2-4,7-11,14-17,20,27,29H,5-6,12-13,18-19,21-22H2,1H3,(H,33,36)/t29-/m1/s1. The summed E-state index contributed by atoms with van der Waals surface area (Å²) < 4.78 is 0. The van der Waals surface area contributed by atoms with E-state index >= 15 is 0 Å². The van der Waals surface area contributed by atoms with E-state index in [2.05, 4.69) is 36.5 Å². The van der Waals surface area contributed by atoms with Gasteiger partial charge >= 0.3 is 0 Å². The molecule has 0 bridgehead atoms. The SMILES string of the molecule is Cc1ccc(SCCC(=O)N(Cc2cccc(Cl)c2)[C@H](Cc2ccccc2)C(=O)NC2CCCC2)cc1. The molecule has 1 N–H and O–H groups in total. The number of carbonyl (C=O) groups excluding carboxylic acids is 2. The number of amides is 2. The first kappa shape index (κ1) is 27.3. The fraction of sp³-hybridized carbons (Fsp3) is 0.355. The summed E-state index contributed by atoms with van der Waals surface area (Å²) in [5.41, 5.74) is 3.16. The Hall–Kier alpha value is -2.76. The highest BCUT2D eigenvalue weighted by Crippen LogP contribution is 2.23. The first-order valence-electron chi connectivity index (χ1n) is 13.1. The molecule has 4 nitrogen and oxygen atoms in total. The van der Waals surface area contributed by atoms with E-state index in [4.69, 9.17) is 11.6 Å². The van der Waals surface area contributed by atoms with Crippen LogP contribution in [0.4, 0.5) is 0 Å². The number of hydrogen-bond donors (Lipinski definition) is 1. The summed E-state index contributed by atoms with van der Waals surface area (Å²) in [5, 5.41) is 3.88. The first-order chi connectivity index (χ1) is 18.0. The van der Waals surface area contributed by atoms with Gasteiger partial charge in [0.05, 0.1) is 0 Å². The van der Waals surface area contributed by atoms with Crippen LogP contribution in [-0.2, 0) is 22.6 Å². The smallest absolute Gasteiger partial charge is 0.243 e. The molecule has 3 aromatic rings. The number of nitrogens with zero attached hydrogens (tertiary/aromatic N) is 1. The molecular weight excluding hydrogens is 500 g/mol. The van der Waals surface area contributed by atoms with Gasteiger partial charge in [0, 0.05) is 41.1 Å². The number of carbonyl (C=O) groups is 2. The zero-order valence-corrected chi connectivity index (χ0v) is 22.9. The van der Waals surface area contributed by atoms with Crippen LogP contribution in [-0.4, -0.2) is 34.6 Å². The molecule has 0 saturated heterocycles. The molecule has 0 radical (unpaired) electrons. The Morgan fingerprint density at radius 1 is 0.973 bits per heavy atom. The van der Waals surface area contributed by atoms with E-state index in [-0.39, 0.29) is 17.9 Å². The molecule has 0 unspecified atom stereocenters. The Balaban J connectivity index is 1.56. The van der Waals surface area contributed by atoms with Gasteiger partial charge in [-0.3, -0.25) is 9.59 Å². The van der Waals surface area contributed by atoms with Gasteiger partial charge in [-0.25, -0.2) is 0 Å². The highest BCUT2D eigenvalue weighted by atomic mass is 35.5. The summed E-state index contributed by atoms with van der Waals surface area (Å²) >= 11 is 7.93. The molecule has 4 rings (SSSR count). The molecule has 1 aliphatic carbocycles. The largest absolute Gasteiger partial charge is 0.352 e. The fourth-order valence-electron chi connectivity index (χ4n) is 4.79. The van der Waals surface area contributed by atoms with Gasteiger partial charge in [-0.05, 0) is 55.2 Å². The molecule has 2 amide bonds. The van der Waals surface area contributed by atoms with Crippen molar-refractivity contribution in [2.24, 2.45) is 0 Å². The van der Waals surface area contributed by atoms with E-state index < -0.39 is 6.04 Å². The van der Waals surface area contributed by atoms with Crippen LogP contribution in [0.3, 0.4) is 0 Å². The Labute approximate surface area is 229 Å². The van der Waals surface area contributed by atoms with Crippen molar-refractivity contribution in [2.75, 3.05) is 5.75 Å². The van der Waals surface area contributed by atoms with E-state index in [1.807, 2.05) is 54.6 Å². The van der Waals surface area contributed by atoms with Gasteiger partial charge < -0.3 is 10.2 Å². The highest BCUT2D eigenvalue weighted by molar-refractivity contribution is 7.99. The van der Waals surface area contributed by atoms with Crippen molar-refractivity contribution in [2.45, 2.75) is 69.0 Å². The van der Waals surface area contributed by atoms with Gasteiger partial charge in [-0.2, -0.15) is 0 Å². The molecule has 3 aromatic carbocycles. The third kappa shape index (κ3) is 8.37. The summed E-state index contributed by atoms with van der Waals surface area (Å²) in [7, 11) is 0. The summed E-state index contributed by atoms with van der Waals surface area (Å²) in [6.07, 6.45) is 5.09. The van der Waals surface area contributed by atoms with Crippen molar-refractivity contribution in [1.82, 2.24) is 10.2 Å². The van der Waals surface area contributed by atoms with Crippen molar-refractivity contribution in [3.63, 3.8) is 0 Å². The van der Waals surface area contributed by atoms with Gasteiger partial charge in [0.15, 0.2) is 0 Å². The molecule has 0 aliphatic heterocycles. The monoisotopic (exact) mass is 534 g/mol. The minimum atomic E-state index is -0.598. The van der Waals surface area contributed by atoms with Crippen LogP contribution in [0.15, 0.2) is 83.8 Å². The number of benzene rings is 3. The highest BCUT2D eigenvalue weighted by Gasteiger charge is 2.32. The summed E-state index contributed by atoms with van der Waals surface area (Å²) in [6, 6.07) is 25.4. The minimum Gasteiger partial charge on any atom is -0.352 e. The van der Waals surface area contributed by atoms with Crippen LogP contribution in [0, 0.1) is 6.92 Å². The minimum absolute atomic E-state index is 0.0258. The lowest BCUT2D eigenvalue weighted by Gasteiger charge is -2.32. The Kier molecular flexibility index (Phi) is 10.1. The molecular formula is C31H35ClN2O2S. The zero-order valence-electron chi connectivity index (χ0n) is 21.4. The van der Waals surface area contributed by atoms with Crippen LogP contribution in [0.25, 0.3) is 0 Å². The van der Waals surface area contributed by atoms with Gasteiger partial charge in [0.2, 0.25) is 11.8 Å². The predicted octanol–water partition coefficient (Wildman–Crippen LogP) is 6.83. The van der Waals surface area contributed by atoms with Gasteiger partial charge in [0.25, 0.3) is 0 Å². The maximum Gasteiger partial charge on any atom is 0.243 e. The number of nitrogens with one attached hydrogen (secondary N) is 1. The Bertz CT molecular complexity index is 1160. The van der Waals surface area contributed by atoms with Crippen LogP contribution < -0.4 is 5.32 Å². The number of rotatable bonds is 11. The topological polar surface area (TPSA) is 49.4 Å². The van der Waals surface area contributed by atoms with E-state index in [9.17, 15) is 9.59 Å².